The van der Waals surface area contributed by atoms with Crippen molar-refractivity contribution in [3.8, 4) is 0 Å². The van der Waals surface area contributed by atoms with E-state index in [-0.39, 0.29) is 25.0 Å². The molecule has 0 radical (unpaired) electrons. The summed E-state index contributed by atoms with van der Waals surface area (Å²) in [7, 11) is 0. The van der Waals surface area contributed by atoms with Crippen LogP contribution in [-0.2, 0) is 16.1 Å². The first-order valence-corrected chi connectivity index (χ1v) is 6.84. The van der Waals surface area contributed by atoms with Crippen LogP contribution in [0.2, 0.25) is 0 Å². The Labute approximate surface area is 120 Å². The molecular weight excluding hydrogens is 288 g/mol. The molecule has 116 valence electrons. The highest BCUT2D eigenvalue weighted by molar-refractivity contribution is 5.72. The molecular formula is C15H16F4O2. The molecule has 1 fully saturated rings. The maximum absolute atomic E-state index is 13.4. The lowest BCUT2D eigenvalue weighted by Crippen LogP contribution is -2.32. The third kappa shape index (κ3) is 4.19. The second kappa shape index (κ2) is 6.45. The Bertz CT molecular complexity index is 499. The van der Waals surface area contributed by atoms with E-state index in [0.717, 1.165) is 0 Å². The van der Waals surface area contributed by atoms with E-state index < -0.39 is 29.8 Å². The van der Waals surface area contributed by atoms with Crippen molar-refractivity contribution >= 4 is 5.97 Å². The van der Waals surface area contributed by atoms with Crippen molar-refractivity contribution in [2.75, 3.05) is 0 Å². The van der Waals surface area contributed by atoms with Crippen molar-refractivity contribution < 1.29 is 27.1 Å². The zero-order valence-electron chi connectivity index (χ0n) is 11.3. The average Bonchev–Trinajstić information content (AvgIpc) is 2.45. The van der Waals surface area contributed by atoms with Gasteiger partial charge in [0.05, 0.1) is 11.8 Å². The van der Waals surface area contributed by atoms with E-state index >= 15 is 0 Å². The van der Waals surface area contributed by atoms with E-state index in [0.29, 0.717) is 12.8 Å². The summed E-state index contributed by atoms with van der Waals surface area (Å²) in [5.74, 6) is -3.37. The summed E-state index contributed by atoms with van der Waals surface area (Å²) < 4.78 is 56.4. The first-order chi connectivity index (χ1) is 9.88. The lowest BCUT2D eigenvalue weighted by molar-refractivity contribution is -0.189. The van der Waals surface area contributed by atoms with E-state index in [2.05, 4.69) is 0 Å². The van der Waals surface area contributed by atoms with Crippen LogP contribution in [0.5, 0.6) is 0 Å². The molecule has 0 aromatic heterocycles. The Morgan fingerprint density at radius 3 is 2.62 bits per heavy atom. The van der Waals surface area contributed by atoms with Crippen LogP contribution in [0.15, 0.2) is 24.3 Å². The monoisotopic (exact) mass is 304 g/mol. The average molecular weight is 304 g/mol. The maximum atomic E-state index is 13.4. The van der Waals surface area contributed by atoms with Gasteiger partial charge in [-0.3, -0.25) is 4.79 Å². The molecule has 0 aliphatic heterocycles. The van der Waals surface area contributed by atoms with Crippen LogP contribution >= 0.6 is 0 Å². The Balaban J connectivity index is 1.90. The van der Waals surface area contributed by atoms with Crippen molar-refractivity contribution in [2.45, 2.75) is 38.5 Å². The summed E-state index contributed by atoms with van der Waals surface area (Å²) in [4.78, 5) is 11.8. The lowest BCUT2D eigenvalue weighted by atomic mass is 9.81. The molecule has 2 atom stereocenters. The fourth-order valence-electron chi connectivity index (χ4n) is 2.58. The first kappa shape index (κ1) is 15.8. The minimum absolute atomic E-state index is 0.0561. The van der Waals surface area contributed by atoms with Gasteiger partial charge in [0.1, 0.15) is 12.4 Å². The second-order valence-corrected chi connectivity index (χ2v) is 5.30. The molecule has 2 nitrogen and oxygen atoms in total. The molecule has 0 spiro atoms. The quantitative estimate of drug-likeness (QED) is 0.617. The van der Waals surface area contributed by atoms with Gasteiger partial charge in [-0.15, -0.1) is 0 Å². The zero-order chi connectivity index (χ0) is 15.5. The SMILES string of the molecule is O=C(OCc1ccccc1F)C1CCCC(C(F)(F)F)C1. The fraction of sp³-hybridized carbons (Fsp3) is 0.533. The molecule has 0 N–H and O–H groups in total. The lowest BCUT2D eigenvalue weighted by Gasteiger charge is -2.29. The van der Waals surface area contributed by atoms with E-state index in [1.807, 2.05) is 0 Å². The number of halogens is 4. The number of rotatable bonds is 3. The number of alkyl halides is 3. The smallest absolute Gasteiger partial charge is 0.391 e. The second-order valence-electron chi connectivity index (χ2n) is 5.30. The third-order valence-electron chi connectivity index (χ3n) is 3.80. The Kier molecular flexibility index (Phi) is 4.85. The highest BCUT2D eigenvalue weighted by Crippen LogP contribution is 2.40. The topological polar surface area (TPSA) is 26.3 Å². The largest absolute Gasteiger partial charge is 0.460 e. The van der Waals surface area contributed by atoms with Crippen molar-refractivity contribution in [3.05, 3.63) is 35.6 Å². The highest BCUT2D eigenvalue weighted by atomic mass is 19.4. The van der Waals surface area contributed by atoms with Gasteiger partial charge in [-0.25, -0.2) is 4.39 Å². The highest BCUT2D eigenvalue weighted by Gasteiger charge is 2.43. The van der Waals surface area contributed by atoms with Crippen LogP contribution in [0.25, 0.3) is 0 Å². The maximum Gasteiger partial charge on any atom is 0.391 e. The van der Waals surface area contributed by atoms with Crippen LogP contribution in [0.3, 0.4) is 0 Å². The number of carbonyl (C=O) groups excluding carboxylic acids is 1. The molecule has 1 saturated carbocycles. The minimum atomic E-state index is -4.27. The Morgan fingerprint density at radius 2 is 1.95 bits per heavy atom. The van der Waals surface area contributed by atoms with Gasteiger partial charge in [0.25, 0.3) is 0 Å². The summed E-state index contributed by atoms with van der Waals surface area (Å²) >= 11 is 0. The standard InChI is InChI=1S/C15H16F4O2/c16-13-7-2-1-4-11(13)9-21-14(20)10-5-3-6-12(8-10)15(17,18)19/h1-2,4,7,10,12H,3,5-6,8-9H2. The molecule has 0 saturated heterocycles. The molecule has 1 aromatic rings. The van der Waals surface area contributed by atoms with Crippen LogP contribution in [-0.4, -0.2) is 12.1 Å². The van der Waals surface area contributed by atoms with Gasteiger partial charge in [0.2, 0.25) is 0 Å². The molecule has 21 heavy (non-hydrogen) atoms. The number of hydrogen-bond donors (Lipinski definition) is 0. The molecule has 0 amide bonds. The van der Waals surface area contributed by atoms with Gasteiger partial charge >= 0.3 is 12.1 Å². The van der Waals surface area contributed by atoms with E-state index in [1.165, 1.54) is 18.2 Å². The third-order valence-corrected chi connectivity index (χ3v) is 3.80. The van der Waals surface area contributed by atoms with Crippen LogP contribution < -0.4 is 0 Å². The van der Waals surface area contributed by atoms with E-state index in [9.17, 15) is 22.4 Å². The summed E-state index contributed by atoms with van der Waals surface area (Å²) in [5.41, 5.74) is 0.217. The first-order valence-electron chi connectivity index (χ1n) is 6.84. The number of benzene rings is 1. The van der Waals surface area contributed by atoms with Crippen molar-refractivity contribution in [2.24, 2.45) is 11.8 Å². The van der Waals surface area contributed by atoms with Gasteiger partial charge < -0.3 is 4.74 Å². The molecule has 2 unspecified atom stereocenters. The van der Waals surface area contributed by atoms with Crippen LogP contribution in [0.1, 0.15) is 31.2 Å². The number of carbonyl (C=O) groups is 1. The fourth-order valence-corrected chi connectivity index (χ4v) is 2.58. The molecule has 0 bridgehead atoms. The molecule has 1 aliphatic carbocycles. The number of hydrogen-bond acceptors (Lipinski definition) is 2. The van der Waals surface area contributed by atoms with E-state index in [4.69, 9.17) is 4.74 Å². The Morgan fingerprint density at radius 1 is 1.24 bits per heavy atom. The van der Waals surface area contributed by atoms with Gasteiger partial charge in [-0.2, -0.15) is 13.2 Å². The van der Waals surface area contributed by atoms with Crippen LogP contribution in [0, 0.1) is 17.7 Å². The predicted molar refractivity (Wildman–Crippen MR) is 67.7 cm³/mol. The number of ether oxygens (including phenoxy) is 1. The molecule has 1 aliphatic rings. The molecule has 6 heteroatoms. The predicted octanol–water partition coefficient (Wildman–Crippen LogP) is 4.24. The minimum Gasteiger partial charge on any atom is -0.460 e. The van der Waals surface area contributed by atoms with Crippen molar-refractivity contribution in [1.82, 2.24) is 0 Å². The summed E-state index contributed by atoms with van der Waals surface area (Å²) in [6.45, 7) is -0.251. The molecule has 1 aromatic carbocycles. The molecule has 0 heterocycles. The van der Waals surface area contributed by atoms with Crippen LogP contribution in [0.4, 0.5) is 17.6 Å². The molecule has 2 rings (SSSR count). The Hall–Kier alpha value is -1.59. The van der Waals surface area contributed by atoms with Crippen molar-refractivity contribution in [3.63, 3.8) is 0 Å². The summed E-state index contributed by atoms with van der Waals surface area (Å²) in [6.07, 6.45) is -3.71. The van der Waals surface area contributed by atoms with Gasteiger partial charge in [0.15, 0.2) is 0 Å². The normalized spacial score (nSPS) is 22.9. The summed E-state index contributed by atoms with van der Waals surface area (Å²) in [5, 5.41) is 0. The summed E-state index contributed by atoms with van der Waals surface area (Å²) in [6, 6.07) is 5.83. The van der Waals surface area contributed by atoms with Gasteiger partial charge in [-0.05, 0) is 25.3 Å². The zero-order valence-corrected chi connectivity index (χ0v) is 11.3. The number of esters is 1. The van der Waals surface area contributed by atoms with Gasteiger partial charge in [0, 0.05) is 5.56 Å². The van der Waals surface area contributed by atoms with Gasteiger partial charge in [-0.1, -0.05) is 24.6 Å². The van der Waals surface area contributed by atoms with E-state index in [1.54, 1.807) is 6.07 Å². The van der Waals surface area contributed by atoms with Crippen molar-refractivity contribution in [1.29, 1.82) is 0 Å².